The molecule has 2 aromatic carbocycles. The average molecular weight is 298 g/mol. The Hall–Kier alpha value is -1.96. The van der Waals surface area contributed by atoms with E-state index in [0.717, 1.165) is 52.6 Å². The van der Waals surface area contributed by atoms with Gasteiger partial charge in [-0.1, -0.05) is 48.7 Å². The van der Waals surface area contributed by atoms with Crippen molar-refractivity contribution >= 4 is 0 Å². The average Bonchev–Trinajstić information content (AvgIpc) is 2.46. The fourth-order valence-corrected chi connectivity index (χ4v) is 3.01. The Morgan fingerprint density at radius 2 is 1.32 bits per heavy atom. The molecule has 0 spiro atoms. The summed E-state index contributed by atoms with van der Waals surface area (Å²) in [5.41, 5.74) is 5.95. The van der Waals surface area contributed by atoms with E-state index in [2.05, 4.69) is 19.9 Å². The van der Waals surface area contributed by atoms with Crippen molar-refractivity contribution in [2.24, 2.45) is 0 Å². The second-order valence-corrected chi connectivity index (χ2v) is 6.30. The van der Waals surface area contributed by atoms with Crippen LogP contribution in [0.25, 0.3) is 0 Å². The van der Waals surface area contributed by atoms with Crippen LogP contribution in [0.15, 0.2) is 24.3 Å². The fourth-order valence-electron chi connectivity index (χ4n) is 3.01. The van der Waals surface area contributed by atoms with Crippen LogP contribution in [0.5, 0.6) is 11.5 Å². The minimum absolute atomic E-state index is 0.335. The standard InChI is InChI=1S/C20H26O2/c1-5-6-7-16-9-14(3)11-18(20(16)22)12-17-10-13(2)8-15(4)19(17)21/h8-11,21-22H,5-7,12H2,1-4H3. The molecule has 0 saturated carbocycles. The molecule has 0 aromatic heterocycles. The number of phenols is 2. The van der Waals surface area contributed by atoms with Crippen molar-refractivity contribution in [3.63, 3.8) is 0 Å². The van der Waals surface area contributed by atoms with Crippen LogP contribution in [0.4, 0.5) is 0 Å². The zero-order chi connectivity index (χ0) is 16.3. The van der Waals surface area contributed by atoms with Crippen molar-refractivity contribution in [1.29, 1.82) is 0 Å². The normalized spacial score (nSPS) is 10.9. The number of aryl methyl sites for hydroxylation is 4. The summed E-state index contributed by atoms with van der Waals surface area (Å²) in [6, 6.07) is 8.05. The molecule has 0 bridgehead atoms. The third-order valence-electron chi connectivity index (χ3n) is 4.12. The van der Waals surface area contributed by atoms with E-state index in [-0.39, 0.29) is 0 Å². The first-order valence-corrected chi connectivity index (χ1v) is 8.02. The van der Waals surface area contributed by atoms with Gasteiger partial charge in [0.25, 0.3) is 0 Å². The maximum absolute atomic E-state index is 10.5. The van der Waals surface area contributed by atoms with Gasteiger partial charge < -0.3 is 10.2 Å². The Kier molecular flexibility index (Phi) is 5.12. The van der Waals surface area contributed by atoms with Crippen LogP contribution in [0, 0.1) is 20.8 Å². The highest BCUT2D eigenvalue weighted by Gasteiger charge is 2.12. The Morgan fingerprint density at radius 3 is 1.95 bits per heavy atom. The minimum Gasteiger partial charge on any atom is -0.507 e. The number of benzene rings is 2. The molecule has 0 aliphatic heterocycles. The number of aromatic hydroxyl groups is 2. The lowest BCUT2D eigenvalue weighted by atomic mass is 9.94. The van der Waals surface area contributed by atoms with E-state index in [9.17, 15) is 10.2 Å². The summed E-state index contributed by atoms with van der Waals surface area (Å²) in [5, 5.41) is 20.8. The van der Waals surface area contributed by atoms with Gasteiger partial charge in [-0.15, -0.1) is 0 Å². The fraction of sp³-hybridized carbons (Fsp3) is 0.400. The molecule has 2 aromatic rings. The SMILES string of the molecule is CCCCc1cc(C)cc(Cc2cc(C)cc(C)c2O)c1O. The first-order valence-electron chi connectivity index (χ1n) is 8.02. The van der Waals surface area contributed by atoms with Gasteiger partial charge >= 0.3 is 0 Å². The van der Waals surface area contributed by atoms with Crippen molar-refractivity contribution in [3.05, 3.63) is 57.6 Å². The molecule has 2 rings (SSSR count). The molecule has 0 fully saturated rings. The van der Waals surface area contributed by atoms with Gasteiger partial charge in [0.15, 0.2) is 0 Å². The van der Waals surface area contributed by atoms with E-state index in [1.165, 1.54) is 0 Å². The molecule has 0 amide bonds. The zero-order valence-corrected chi connectivity index (χ0v) is 14.0. The van der Waals surface area contributed by atoms with Crippen molar-refractivity contribution < 1.29 is 10.2 Å². The van der Waals surface area contributed by atoms with Crippen LogP contribution in [-0.4, -0.2) is 10.2 Å². The van der Waals surface area contributed by atoms with Crippen molar-refractivity contribution in [3.8, 4) is 11.5 Å². The highest BCUT2D eigenvalue weighted by molar-refractivity contribution is 5.50. The lowest BCUT2D eigenvalue weighted by molar-refractivity contribution is 0.456. The van der Waals surface area contributed by atoms with Gasteiger partial charge in [-0.25, -0.2) is 0 Å². The summed E-state index contributed by atoms with van der Waals surface area (Å²) in [4.78, 5) is 0. The highest BCUT2D eigenvalue weighted by Crippen LogP contribution is 2.32. The van der Waals surface area contributed by atoms with E-state index in [4.69, 9.17) is 0 Å². The Balaban J connectivity index is 2.39. The quantitative estimate of drug-likeness (QED) is 0.819. The van der Waals surface area contributed by atoms with Gasteiger partial charge in [0.05, 0.1) is 0 Å². The topological polar surface area (TPSA) is 40.5 Å². The lowest BCUT2D eigenvalue weighted by Gasteiger charge is -2.14. The van der Waals surface area contributed by atoms with Gasteiger partial charge in [0, 0.05) is 6.42 Å². The Bertz CT molecular complexity index is 672. The third kappa shape index (κ3) is 3.62. The molecule has 2 N–H and O–H groups in total. The summed E-state index contributed by atoms with van der Waals surface area (Å²) >= 11 is 0. The number of hydrogen-bond donors (Lipinski definition) is 2. The molecule has 0 aliphatic rings. The van der Waals surface area contributed by atoms with Crippen molar-refractivity contribution in [2.75, 3.05) is 0 Å². The second kappa shape index (κ2) is 6.87. The summed E-state index contributed by atoms with van der Waals surface area (Å²) in [5.74, 6) is 0.722. The molecular weight excluding hydrogens is 272 g/mol. The molecule has 0 aliphatic carbocycles. The molecular formula is C20H26O2. The maximum atomic E-state index is 10.5. The molecule has 2 nitrogen and oxygen atoms in total. The van der Waals surface area contributed by atoms with E-state index < -0.39 is 0 Å². The van der Waals surface area contributed by atoms with Gasteiger partial charge in [0.2, 0.25) is 0 Å². The number of phenolic OH excluding ortho intramolecular Hbond substituents is 2. The van der Waals surface area contributed by atoms with Gasteiger partial charge in [-0.2, -0.15) is 0 Å². The van der Waals surface area contributed by atoms with Crippen LogP contribution < -0.4 is 0 Å². The smallest absolute Gasteiger partial charge is 0.122 e. The van der Waals surface area contributed by atoms with Gasteiger partial charge in [0.1, 0.15) is 11.5 Å². The first kappa shape index (κ1) is 16.4. The molecule has 0 atom stereocenters. The Labute approximate surface area is 133 Å². The van der Waals surface area contributed by atoms with E-state index >= 15 is 0 Å². The number of rotatable bonds is 5. The monoisotopic (exact) mass is 298 g/mol. The summed E-state index contributed by atoms with van der Waals surface area (Å²) < 4.78 is 0. The van der Waals surface area contributed by atoms with E-state index in [1.54, 1.807) is 0 Å². The predicted octanol–water partition coefficient (Wildman–Crippen LogP) is 4.96. The summed E-state index contributed by atoms with van der Waals surface area (Å²) in [6.45, 7) is 8.15. The van der Waals surface area contributed by atoms with Crippen LogP contribution >= 0.6 is 0 Å². The summed E-state index contributed by atoms with van der Waals surface area (Å²) in [6.07, 6.45) is 3.64. The second-order valence-electron chi connectivity index (χ2n) is 6.30. The van der Waals surface area contributed by atoms with Crippen molar-refractivity contribution in [2.45, 2.75) is 53.4 Å². The Morgan fingerprint density at radius 1 is 0.773 bits per heavy atom. The van der Waals surface area contributed by atoms with Crippen LogP contribution in [-0.2, 0) is 12.8 Å². The zero-order valence-electron chi connectivity index (χ0n) is 14.0. The first-order chi connectivity index (χ1) is 10.4. The number of unbranched alkanes of at least 4 members (excludes halogenated alkanes) is 1. The molecule has 118 valence electrons. The molecule has 22 heavy (non-hydrogen) atoms. The lowest BCUT2D eigenvalue weighted by Crippen LogP contribution is -1.97. The predicted molar refractivity (Wildman–Crippen MR) is 91.8 cm³/mol. The minimum atomic E-state index is 0.335. The van der Waals surface area contributed by atoms with Gasteiger partial charge in [-0.3, -0.25) is 0 Å². The van der Waals surface area contributed by atoms with Crippen molar-refractivity contribution in [1.82, 2.24) is 0 Å². The van der Waals surface area contributed by atoms with Gasteiger partial charge in [-0.05, 0) is 55.9 Å². The molecule has 2 heteroatoms. The number of hydrogen-bond acceptors (Lipinski definition) is 2. The molecule has 0 unspecified atom stereocenters. The largest absolute Gasteiger partial charge is 0.507 e. The van der Waals surface area contributed by atoms with Crippen LogP contribution in [0.2, 0.25) is 0 Å². The highest BCUT2D eigenvalue weighted by atomic mass is 16.3. The molecule has 0 heterocycles. The van der Waals surface area contributed by atoms with E-state index in [1.807, 2.05) is 32.0 Å². The van der Waals surface area contributed by atoms with Crippen LogP contribution in [0.1, 0.15) is 53.1 Å². The molecule has 0 saturated heterocycles. The maximum Gasteiger partial charge on any atom is 0.122 e. The summed E-state index contributed by atoms with van der Waals surface area (Å²) in [7, 11) is 0. The van der Waals surface area contributed by atoms with Crippen LogP contribution in [0.3, 0.4) is 0 Å². The van der Waals surface area contributed by atoms with E-state index in [0.29, 0.717) is 17.9 Å². The third-order valence-corrected chi connectivity index (χ3v) is 4.12. The molecule has 0 radical (unpaired) electrons.